The Labute approximate surface area is 141 Å². The smallest absolute Gasteiger partial charge is 0.222 e. The second-order valence-electron chi connectivity index (χ2n) is 6.54. The third-order valence-electron chi connectivity index (χ3n) is 4.09. The molecule has 0 radical (unpaired) electrons. The normalized spacial score (nSPS) is 26.8. The summed E-state index contributed by atoms with van der Waals surface area (Å²) in [4.78, 5) is 12.1. The molecule has 0 saturated carbocycles. The Morgan fingerprint density at radius 2 is 1.57 bits per heavy atom. The zero-order valence-electron chi connectivity index (χ0n) is 13.9. The molecule has 1 aliphatic heterocycles. The number of aryl methyl sites for hydroxylation is 2. The third-order valence-corrected chi connectivity index (χ3v) is 5.36. The molecule has 2 aromatic carbocycles. The van der Waals surface area contributed by atoms with Crippen LogP contribution in [0.4, 0.5) is 0 Å². The number of thioether (sulfide) groups is 1. The molecule has 0 fully saturated rings. The summed E-state index contributed by atoms with van der Waals surface area (Å²) in [5.74, 6) is -0.719. The van der Waals surface area contributed by atoms with Crippen LogP contribution in [0, 0.1) is 13.8 Å². The summed E-state index contributed by atoms with van der Waals surface area (Å²) < 4.78 is 0. The van der Waals surface area contributed by atoms with Gasteiger partial charge in [-0.2, -0.15) is 4.89 Å². The van der Waals surface area contributed by atoms with Crippen molar-refractivity contribution in [2.75, 3.05) is 5.75 Å². The first-order valence-corrected chi connectivity index (χ1v) is 8.69. The fraction of sp³-hybridized carbons (Fsp3) is 0.368. The molecule has 0 amide bonds. The van der Waals surface area contributed by atoms with Gasteiger partial charge in [0.2, 0.25) is 5.79 Å². The van der Waals surface area contributed by atoms with Crippen LogP contribution >= 0.6 is 11.8 Å². The molecule has 3 nitrogen and oxygen atoms in total. The number of aliphatic hydroxyl groups is 1. The highest BCUT2D eigenvalue weighted by Crippen LogP contribution is 2.43. The summed E-state index contributed by atoms with van der Waals surface area (Å²) >= 11 is 1.73. The molecule has 2 atom stereocenters. The van der Waals surface area contributed by atoms with Crippen molar-refractivity contribution in [2.45, 2.75) is 44.0 Å². The van der Waals surface area contributed by atoms with Crippen LogP contribution in [0.2, 0.25) is 0 Å². The van der Waals surface area contributed by atoms with Crippen molar-refractivity contribution < 1.29 is 14.9 Å². The highest BCUT2D eigenvalue weighted by molar-refractivity contribution is 7.99. The van der Waals surface area contributed by atoms with E-state index in [9.17, 15) is 5.11 Å². The molecule has 0 spiro atoms. The Morgan fingerprint density at radius 1 is 0.957 bits per heavy atom. The Morgan fingerprint density at radius 3 is 2.22 bits per heavy atom. The van der Waals surface area contributed by atoms with Crippen molar-refractivity contribution >= 4 is 11.8 Å². The summed E-state index contributed by atoms with van der Waals surface area (Å²) in [6.07, 6.45) is 0. The van der Waals surface area contributed by atoms with E-state index in [4.69, 9.17) is 9.78 Å². The quantitative estimate of drug-likeness (QED) is 0.667. The van der Waals surface area contributed by atoms with Crippen molar-refractivity contribution in [1.29, 1.82) is 0 Å². The zero-order chi connectivity index (χ0) is 16.7. The van der Waals surface area contributed by atoms with Crippen molar-refractivity contribution in [3.8, 4) is 0 Å². The molecule has 0 bridgehead atoms. The van der Waals surface area contributed by atoms with Gasteiger partial charge in [0.05, 0.1) is 0 Å². The van der Waals surface area contributed by atoms with Crippen LogP contribution < -0.4 is 0 Å². The summed E-state index contributed by atoms with van der Waals surface area (Å²) in [5, 5.41) is 10.4. The van der Waals surface area contributed by atoms with Gasteiger partial charge in [0.25, 0.3) is 0 Å². The minimum atomic E-state index is -1.42. The van der Waals surface area contributed by atoms with Gasteiger partial charge in [0.15, 0.2) is 0 Å². The van der Waals surface area contributed by atoms with Gasteiger partial charge in [-0.15, -0.1) is 11.8 Å². The highest BCUT2D eigenvalue weighted by Gasteiger charge is 2.44. The van der Waals surface area contributed by atoms with Crippen LogP contribution in [0.5, 0.6) is 0 Å². The molecule has 1 N–H and O–H groups in total. The minimum absolute atomic E-state index is 0.610. The van der Waals surface area contributed by atoms with E-state index < -0.39 is 11.4 Å². The van der Waals surface area contributed by atoms with Crippen LogP contribution in [0.25, 0.3) is 0 Å². The molecule has 122 valence electrons. The van der Waals surface area contributed by atoms with Crippen molar-refractivity contribution in [3.05, 3.63) is 64.7 Å². The molecule has 1 unspecified atom stereocenters. The van der Waals surface area contributed by atoms with Crippen molar-refractivity contribution in [3.63, 3.8) is 0 Å². The fourth-order valence-electron chi connectivity index (χ4n) is 2.95. The molecule has 2 aromatic rings. The number of benzene rings is 2. The number of hydrogen-bond acceptors (Lipinski definition) is 4. The molecular weight excluding hydrogens is 308 g/mol. The maximum absolute atomic E-state index is 10.4. The minimum Gasteiger partial charge on any atom is -0.360 e. The van der Waals surface area contributed by atoms with Crippen molar-refractivity contribution in [2.24, 2.45) is 0 Å². The van der Waals surface area contributed by atoms with E-state index in [-0.39, 0.29) is 0 Å². The van der Waals surface area contributed by atoms with Crippen molar-refractivity contribution in [1.82, 2.24) is 0 Å². The first kappa shape index (κ1) is 16.5. The van der Waals surface area contributed by atoms with Gasteiger partial charge < -0.3 is 5.11 Å². The Balaban J connectivity index is 1.87. The number of rotatable bonds is 3. The molecule has 0 aromatic heterocycles. The number of fused-ring (bicyclic) bond motifs is 1. The van der Waals surface area contributed by atoms with E-state index in [0.717, 1.165) is 11.1 Å². The lowest BCUT2D eigenvalue weighted by atomic mass is 9.88. The SMILES string of the molecule is Cc1cc(C)cc(SC[C@]2(C)OOC(C)(O)c3ccccc32)c1. The molecule has 0 saturated heterocycles. The van der Waals surface area contributed by atoms with Gasteiger partial charge in [-0.05, 0) is 56.5 Å². The molecule has 4 heteroatoms. The zero-order valence-corrected chi connectivity index (χ0v) is 14.7. The maximum Gasteiger partial charge on any atom is 0.222 e. The van der Waals surface area contributed by atoms with Gasteiger partial charge in [-0.25, -0.2) is 4.89 Å². The molecule has 1 aliphatic rings. The fourth-order valence-corrected chi connectivity index (χ4v) is 4.13. The monoisotopic (exact) mass is 330 g/mol. The van der Waals surface area contributed by atoms with Gasteiger partial charge in [0.1, 0.15) is 5.60 Å². The molecular formula is C19H22O3S. The Kier molecular flexibility index (Phi) is 4.27. The van der Waals surface area contributed by atoms with Crippen LogP contribution in [0.15, 0.2) is 47.4 Å². The largest absolute Gasteiger partial charge is 0.360 e. The lowest BCUT2D eigenvalue weighted by Gasteiger charge is -2.40. The molecule has 3 rings (SSSR count). The van der Waals surface area contributed by atoms with E-state index >= 15 is 0 Å². The molecule has 23 heavy (non-hydrogen) atoms. The number of hydrogen-bond donors (Lipinski definition) is 1. The lowest BCUT2D eigenvalue weighted by Crippen LogP contribution is -2.42. The maximum atomic E-state index is 10.4. The van der Waals surface area contributed by atoms with E-state index in [1.807, 2.05) is 31.2 Å². The van der Waals surface area contributed by atoms with Gasteiger partial charge in [0, 0.05) is 16.2 Å². The lowest BCUT2D eigenvalue weighted by molar-refractivity contribution is -0.471. The summed E-state index contributed by atoms with van der Waals surface area (Å²) in [6, 6.07) is 14.3. The van der Waals surface area contributed by atoms with E-state index in [1.165, 1.54) is 16.0 Å². The van der Waals surface area contributed by atoms with Crippen LogP contribution in [0.1, 0.15) is 36.1 Å². The van der Waals surface area contributed by atoms with Gasteiger partial charge in [-0.1, -0.05) is 30.3 Å². The summed E-state index contributed by atoms with van der Waals surface area (Å²) in [7, 11) is 0. The summed E-state index contributed by atoms with van der Waals surface area (Å²) in [6.45, 7) is 7.80. The first-order chi connectivity index (χ1) is 10.8. The topological polar surface area (TPSA) is 38.7 Å². The van der Waals surface area contributed by atoms with Crippen LogP contribution in [-0.2, 0) is 21.2 Å². The second kappa shape index (κ2) is 5.95. The van der Waals surface area contributed by atoms with E-state index in [0.29, 0.717) is 5.75 Å². The summed E-state index contributed by atoms with van der Waals surface area (Å²) in [5.41, 5.74) is 3.62. The predicted octanol–water partition coefficient (Wildman–Crippen LogP) is 4.44. The van der Waals surface area contributed by atoms with Crippen LogP contribution in [0.3, 0.4) is 0 Å². The molecule has 1 heterocycles. The Bertz CT molecular complexity index is 706. The molecule has 0 aliphatic carbocycles. The Hall–Kier alpha value is -1.33. The average molecular weight is 330 g/mol. The van der Waals surface area contributed by atoms with E-state index in [2.05, 4.69) is 32.0 Å². The second-order valence-corrected chi connectivity index (χ2v) is 7.59. The average Bonchev–Trinajstić information content (AvgIpc) is 2.49. The first-order valence-electron chi connectivity index (χ1n) is 7.70. The van der Waals surface area contributed by atoms with E-state index in [1.54, 1.807) is 18.7 Å². The highest BCUT2D eigenvalue weighted by atomic mass is 32.2. The third kappa shape index (κ3) is 3.31. The standard InChI is InChI=1S/C19H22O3S/c1-13-9-14(2)11-15(10-13)23-12-18(3)16-7-5-6-8-17(16)19(4,20)22-21-18/h5-11,20H,12H2,1-4H3/t18-,19?/m0/s1. The van der Waals surface area contributed by atoms with Crippen LogP contribution in [-0.4, -0.2) is 10.9 Å². The predicted molar refractivity (Wildman–Crippen MR) is 92.2 cm³/mol. The van der Waals surface area contributed by atoms with Gasteiger partial charge >= 0.3 is 0 Å². The van der Waals surface area contributed by atoms with Gasteiger partial charge in [-0.3, -0.25) is 0 Å².